The number of nitrogens with zero attached hydrogens (tertiary/aromatic N) is 1. The van der Waals surface area contributed by atoms with Crippen molar-refractivity contribution < 1.29 is 4.39 Å². The molecular formula is C17H12FNS. The molecular weight excluding hydrogens is 269 g/mol. The summed E-state index contributed by atoms with van der Waals surface area (Å²) >= 11 is 1.71. The van der Waals surface area contributed by atoms with Crippen LogP contribution in [0.15, 0.2) is 71.0 Å². The molecule has 1 aromatic heterocycles. The number of thiophene rings is 1. The van der Waals surface area contributed by atoms with Gasteiger partial charge in [-0.15, -0.1) is 11.3 Å². The van der Waals surface area contributed by atoms with E-state index in [0.717, 1.165) is 11.3 Å². The predicted molar refractivity (Wildman–Crippen MR) is 83.4 cm³/mol. The molecule has 0 spiro atoms. The van der Waals surface area contributed by atoms with Crippen molar-refractivity contribution in [1.29, 1.82) is 0 Å². The summed E-state index contributed by atoms with van der Waals surface area (Å²) < 4.78 is 12.8. The molecule has 0 atom stereocenters. The fraction of sp³-hybridized carbons (Fsp3) is 0. The second kappa shape index (κ2) is 5.80. The molecule has 3 aromatic rings. The fourth-order valence-electron chi connectivity index (χ4n) is 1.89. The maximum Gasteiger partial charge on any atom is 0.123 e. The van der Waals surface area contributed by atoms with Crippen LogP contribution >= 0.6 is 11.3 Å². The smallest absolute Gasteiger partial charge is 0.123 e. The van der Waals surface area contributed by atoms with E-state index in [2.05, 4.69) is 28.6 Å². The molecule has 0 bridgehead atoms. The zero-order valence-electron chi connectivity index (χ0n) is 10.7. The first-order valence-corrected chi connectivity index (χ1v) is 7.13. The Kier molecular flexibility index (Phi) is 3.70. The Labute approximate surface area is 121 Å². The van der Waals surface area contributed by atoms with Crippen molar-refractivity contribution in [2.24, 2.45) is 4.99 Å². The first-order chi connectivity index (χ1) is 9.81. The quantitative estimate of drug-likeness (QED) is 0.577. The van der Waals surface area contributed by atoms with Gasteiger partial charge in [0, 0.05) is 11.1 Å². The van der Waals surface area contributed by atoms with Crippen molar-refractivity contribution in [1.82, 2.24) is 0 Å². The molecule has 0 aliphatic carbocycles. The highest BCUT2D eigenvalue weighted by molar-refractivity contribution is 7.13. The van der Waals surface area contributed by atoms with Gasteiger partial charge in [-0.25, -0.2) is 4.39 Å². The third-order valence-electron chi connectivity index (χ3n) is 2.88. The Hall–Kier alpha value is -2.26. The van der Waals surface area contributed by atoms with Gasteiger partial charge in [-0.05, 0) is 52.9 Å². The zero-order chi connectivity index (χ0) is 13.8. The van der Waals surface area contributed by atoms with Crippen LogP contribution in [0.25, 0.3) is 10.4 Å². The molecule has 0 saturated carbocycles. The van der Waals surface area contributed by atoms with Crippen molar-refractivity contribution >= 4 is 23.2 Å². The first-order valence-electron chi connectivity index (χ1n) is 6.25. The van der Waals surface area contributed by atoms with Crippen LogP contribution in [-0.2, 0) is 0 Å². The average Bonchev–Trinajstić information content (AvgIpc) is 3.01. The van der Waals surface area contributed by atoms with E-state index in [1.54, 1.807) is 29.7 Å². The molecule has 0 saturated heterocycles. The Bertz CT molecular complexity index is 715. The molecule has 2 aromatic carbocycles. The predicted octanol–water partition coefficient (Wildman–Crippen LogP) is 5.30. The topological polar surface area (TPSA) is 12.4 Å². The van der Waals surface area contributed by atoms with Crippen molar-refractivity contribution in [3.8, 4) is 10.4 Å². The molecule has 0 fully saturated rings. The van der Waals surface area contributed by atoms with Crippen LogP contribution in [-0.4, -0.2) is 6.21 Å². The van der Waals surface area contributed by atoms with Gasteiger partial charge in [0.15, 0.2) is 0 Å². The van der Waals surface area contributed by atoms with Crippen LogP contribution < -0.4 is 0 Å². The Morgan fingerprint density at radius 3 is 2.55 bits per heavy atom. The molecule has 0 unspecified atom stereocenters. The maximum atomic E-state index is 12.8. The lowest BCUT2D eigenvalue weighted by Crippen LogP contribution is -1.81. The summed E-state index contributed by atoms with van der Waals surface area (Å²) in [5.74, 6) is -0.247. The lowest BCUT2D eigenvalue weighted by Gasteiger charge is -1.99. The molecule has 3 heteroatoms. The molecule has 98 valence electrons. The highest BCUT2D eigenvalue weighted by Gasteiger charge is 1.98. The molecule has 0 N–H and O–H groups in total. The fourth-order valence-corrected chi connectivity index (χ4v) is 2.62. The van der Waals surface area contributed by atoms with Crippen LogP contribution in [0, 0.1) is 5.82 Å². The maximum absolute atomic E-state index is 12.8. The van der Waals surface area contributed by atoms with Crippen molar-refractivity contribution in [2.75, 3.05) is 0 Å². The largest absolute Gasteiger partial charge is 0.256 e. The van der Waals surface area contributed by atoms with Crippen LogP contribution in [0.2, 0.25) is 0 Å². The SMILES string of the molecule is Fc1ccc(N=Cc2cccc(-c3cccs3)c2)cc1. The second-order valence-electron chi connectivity index (χ2n) is 4.34. The molecule has 20 heavy (non-hydrogen) atoms. The summed E-state index contributed by atoms with van der Waals surface area (Å²) in [6, 6.07) is 18.5. The van der Waals surface area contributed by atoms with E-state index in [9.17, 15) is 4.39 Å². The molecule has 3 rings (SSSR count). The van der Waals surface area contributed by atoms with E-state index >= 15 is 0 Å². The van der Waals surface area contributed by atoms with Gasteiger partial charge in [-0.3, -0.25) is 4.99 Å². The number of hydrogen-bond acceptors (Lipinski definition) is 2. The minimum atomic E-state index is -0.247. The van der Waals surface area contributed by atoms with Gasteiger partial charge < -0.3 is 0 Å². The summed E-state index contributed by atoms with van der Waals surface area (Å²) in [7, 11) is 0. The van der Waals surface area contributed by atoms with Crippen molar-refractivity contribution in [2.45, 2.75) is 0 Å². The minimum absolute atomic E-state index is 0.247. The van der Waals surface area contributed by atoms with Gasteiger partial charge in [-0.2, -0.15) is 0 Å². The average molecular weight is 281 g/mol. The van der Waals surface area contributed by atoms with Crippen LogP contribution in [0.3, 0.4) is 0 Å². The number of rotatable bonds is 3. The van der Waals surface area contributed by atoms with Gasteiger partial charge in [0.25, 0.3) is 0 Å². The number of hydrogen-bond donors (Lipinski definition) is 0. The molecule has 1 nitrogen and oxygen atoms in total. The van der Waals surface area contributed by atoms with Gasteiger partial charge in [-0.1, -0.05) is 24.3 Å². The summed E-state index contributed by atoms with van der Waals surface area (Å²) in [4.78, 5) is 5.59. The summed E-state index contributed by atoms with van der Waals surface area (Å²) in [5.41, 5.74) is 2.95. The Morgan fingerprint density at radius 1 is 0.950 bits per heavy atom. The first kappa shape index (κ1) is 12.8. The lowest BCUT2D eigenvalue weighted by molar-refractivity contribution is 0.628. The van der Waals surface area contributed by atoms with Crippen molar-refractivity contribution in [3.05, 3.63) is 77.4 Å². The number of benzene rings is 2. The highest BCUT2D eigenvalue weighted by atomic mass is 32.1. The monoisotopic (exact) mass is 281 g/mol. The van der Waals surface area contributed by atoms with E-state index in [0.29, 0.717) is 0 Å². The van der Waals surface area contributed by atoms with Gasteiger partial charge in [0.05, 0.1) is 5.69 Å². The Morgan fingerprint density at radius 2 is 1.80 bits per heavy atom. The lowest BCUT2D eigenvalue weighted by atomic mass is 10.1. The summed E-state index contributed by atoms with van der Waals surface area (Å²) in [6.45, 7) is 0. The zero-order valence-corrected chi connectivity index (χ0v) is 11.5. The molecule has 0 aliphatic heterocycles. The number of halogens is 1. The van der Waals surface area contributed by atoms with Gasteiger partial charge in [0.1, 0.15) is 5.82 Å². The van der Waals surface area contributed by atoms with Crippen LogP contribution in [0.4, 0.5) is 10.1 Å². The summed E-state index contributed by atoms with van der Waals surface area (Å²) in [5, 5.41) is 2.06. The third kappa shape index (κ3) is 3.00. The molecule has 0 amide bonds. The van der Waals surface area contributed by atoms with E-state index in [4.69, 9.17) is 0 Å². The van der Waals surface area contributed by atoms with E-state index in [-0.39, 0.29) is 5.82 Å². The molecule has 0 radical (unpaired) electrons. The second-order valence-corrected chi connectivity index (χ2v) is 5.29. The molecule has 0 aliphatic rings. The highest BCUT2D eigenvalue weighted by Crippen LogP contribution is 2.25. The van der Waals surface area contributed by atoms with Crippen molar-refractivity contribution in [3.63, 3.8) is 0 Å². The van der Waals surface area contributed by atoms with Crippen LogP contribution in [0.1, 0.15) is 5.56 Å². The standard InChI is InChI=1S/C17H12FNS/c18-15-6-8-16(9-7-15)19-12-13-3-1-4-14(11-13)17-5-2-10-20-17/h1-12H. The van der Waals surface area contributed by atoms with Gasteiger partial charge in [0.2, 0.25) is 0 Å². The van der Waals surface area contributed by atoms with E-state index in [1.807, 2.05) is 18.2 Å². The Balaban J connectivity index is 1.84. The normalized spacial score (nSPS) is 11.1. The number of aliphatic imine (C=N–C) groups is 1. The summed E-state index contributed by atoms with van der Waals surface area (Å²) in [6.07, 6.45) is 1.80. The minimum Gasteiger partial charge on any atom is -0.256 e. The van der Waals surface area contributed by atoms with E-state index < -0.39 is 0 Å². The third-order valence-corrected chi connectivity index (χ3v) is 3.80. The van der Waals surface area contributed by atoms with Crippen LogP contribution in [0.5, 0.6) is 0 Å². The van der Waals surface area contributed by atoms with Gasteiger partial charge >= 0.3 is 0 Å². The molecule has 1 heterocycles. The van der Waals surface area contributed by atoms with E-state index in [1.165, 1.54) is 22.6 Å².